The molecule has 2 aromatic heterocycles. The molecule has 0 saturated heterocycles. The molecule has 8 rings (SSSR count). The first-order valence-electron chi connectivity index (χ1n) is 13.8. The average Bonchev–Trinajstić information content (AvgIpc) is 3.57. The van der Waals surface area contributed by atoms with E-state index in [-0.39, 0.29) is 0 Å². The van der Waals surface area contributed by atoms with Gasteiger partial charge in [0.2, 0.25) is 0 Å². The molecular formula is C38H22N4. The molecule has 0 amide bonds. The maximum Gasteiger partial charge on any atom is 0.0998 e. The maximum atomic E-state index is 10.5. The van der Waals surface area contributed by atoms with Crippen molar-refractivity contribution in [3.63, 3.8) is 0 Å². The number of benzene rings is 6. The third-order valence-corrected chi connectivity index (χ3v) is 8.20. The summed E-state index contributed by atoms with van der Waals surface area (Å²) in [5, 5.41) is 25.0. The Labute approximate surface area is 242 Å². The van der Waals surface area contributed by atoms with Crippen LogP contribution in [0.1, 0.15) is 11.1 Å². The number of rotatable bonds is 3. The highest BCUT2D eigenvalue weighted by Gasteiger charge is 2.22. The Morgan fingerprint density at radius 3 is 1.38 bits per heavy atom. The zero-order chi connectivity index (χ0) is 28.2. The number of nitrogens with zero attached hydrogens (tertiary/aromatic N) is 4. The molecule has 8 aromatic rings. The number of nitriles is 2. The number of aromatic nitrogens is 2. The van der Waals surface area contributed by atoms with Crippen LogP contribution >= 0.6 is 0 Å². The number of hydrogen-bond donors (Lipinski definition) is 0. The van der Waals surface area contributed by atoms with Crippen LogP contribution in [-0.4, -0.2) is 9.13 Å². The molecule has 6 aromatic carbocycles. The minimum Gasteiger partial charge on any atom is -0.309 e. The first-order chi connectivity index (χ1) is 20.8. The summed E-state index contributed by atoms with van der Waals surface area (Å²) in [4.78, 5) is 0. The molecule has 0 aliphatic rings. The van der Waals surface area contributed by atoms with Crippen LogP contribution in [0.5, 0.6) is 0 Å². The third-order valence-electron chi connectivity index (χ3n) is 8.20. The van der Waals surface area contributed by atoms with Gasteiger partial charge in [0.1, 0.15) is 0 Å². The van der Waals surface area contributed by atoms with E-state index in [0.717, 1.165) is 66.1 Å². The number of hydrogen-bond acceptors (Lipinski definition) is 2. The van der Waals surface area contributed by atoms with E-state index in [1.165, 1.54) is 0 Å². The van der Waals surface area contributed by atoms with E-state index in [4.69, 9.17) is 0 Å². The van der Waals surface area contributed by atoms with E-state index >= 15 is 0 Å². The summed E-state index contributed by atoms with van der Waals surface area (Å²) in [6.45, 7) is 0. The molecule has 0 fully saturated rings. The second-order valence-electron chi connectivity index (χ2n) is 10.4. The predicted octanol–water partition coefficient (Wildman–Crippen LogP) is 9.29. The summed E-state index contributed by atoms with van der Waals surface area (Å²) >= 11 is 0. The van der Waals surface area contributed by atoms with Crippen molar-refractivity contribution in [3.8, 4) is 34.6 Å². The van der Waals surface area contributed by atoms with Crippen LogP contribution in [0, 0.1) is 22.7 Å². The third kappa shape index (κ3) is 3.33. The lowest BCUT2D eigenvalue weighted by molar-refractivity contribution is 1.16. The fourth-order valence-electron chi connectivity index (χ4n) is 6.46. The lowest BCUT2D eigenvalue weighted by Gasteiger charge is -2.20. The van der Waals surface area contributed by atoms with Crippen molar-refractivity contribution in [3.05, 3.63) is 145 Å². The molecule has 4 heteroatoms. The van der Waals surface area contributed by atoms with Crippen LogP contribution in [0.4, 0.5) is 0 Å². The lowest BCUT2D eigenvalue weighted by atomic mass is 9.95. The van der Waals surface area contributed by atoms with Gasteiger partial charge in [0, 0.05) is 32.7 Å². The summed E-state index contributed by atoms with van der Waals surface area (Å²) in [7, 11) is 0. The first-order valence-corrected chi connectivity index (χ1v) is 13.8. The van der Waals surface area contributed by atoms with Crippen molar-refractivity contribution < 1.29 is 0 Å². The quantitative estimate of drug-likeness (QED) is 0.227. The minimum absolute atomic E-state index is 0.559. The van der Waals surface area contributed by atoms with Gasteiger partial charge >= 0.3 is 0 Å². The van der Waals surface area contributed by atoms with Gasteiger partial charge in [-0.1, -0.05) is 84.9 Å². The van der Waals surface area contributed by atoms with Crippen molar-refractivity contribution in [1.29, 1.82) is 10.5 Å². The molecule has 0 spiro atoms. The summed E-state index contributed by atoms with van der Waals surface area (Å²) in [6, 6.07) is 50.0. The van der Waals surface area contributed by atoms with Crippen molar-refractivity contribution in [2.75, 3.05) is 0 Å². The van der Waals surface area contributed by atoms with Crippen LogP contribution in [0.2, 0.25) is 0 Å². The smallest absolute Gasteiger partial charge is 0.0998 e. The van der Waals surface area contributed by atoms with Crippen LogP contribution in [0.3, 0.4) is 0 Å². The second-order valence-corrected chi connectivity index (χ2v) is 10.4. The van der Waals surface area contributed by atoms with Gasteiger partial charge in [0.25, 0.3) is 0 Å². The Morgan fingerprint density at radius 2 is 0.905 bits per heavy atom. The van der Waals surface area contributed by atoms with Crippen LogP contribution in [0.25, 0.3) is 66.1 Å². The highest BCUT2D eigenvalue weighted by molar-refractivity contribution is 6.11. The summed E-state index contributed by atoms with van der Waals surface area (Å²) < 4.78 is 4.49. The van der Waals surface area contributed by atoms with Crippen molar-refractivity contribution >= 4 is 43.6 Å². The van der Waals surface area contributed by atoms with E-state index in [0.29, 0.717) is 11.1 Å². The van der Waals surface area contributed by atoms with E-state index in [9.17, 15) is 10.5 Å². The molecule has 0 bridgehead atoms. The van der Waals surface area contributed by atoms with E-state index in [1.54, 1.807) is 0 Å². The van der Waals surface area contributed by atoms with Crippen molar-refractivity contribution in [2.45, 2.75) is 0 Å². The Morgan fingerprint density at radius 1 is 0.429 bits per heavy atom. The molecule has 0 aliphatic heterocycles. The van der Waals surface area contributed by atoms with Crippen LogP contribution in [-0.2, 0) is 0 Å². The van der Waals surface area contributed by atoms with Gasteiger partial charge in [-0.25, -0.2) is 0 Å². The van der Waals surface area contributed by atoms with Gasteiger partial charge in [0.15, 0.2) is 0 Å². The highest BCUT2D eigenvalue weighted by atomic mass is 15.0. The van der Waals surface area contributed by atoms with Gasteiger partial charge in [-0.05, 0) is 48.5 Å². The SMILES string of the molecule is N#Cc1ccc(-c2c(C#N)cccc2-n2c3ccccc3c3ccccc32)c(-n2c3ccccc3c3ccccc32)c1. The number of para-hydroxylation sites is 4. The van der Waals surface area contributed by atoms with Crippen molar-refractivity contribution in [2.24, 2.45) is 0 Å². The first kappa shape index (κ1) is 23.8. The van der Waals surface area contributed by atoms with Crippen molar-refractivity contribution in [1.82, 2.24) is 9.13 Å². The van der Waals surface area contributed by atoms with Crippen LogP contribution in [0.15, 0.2) is 133 Å². The summed E-state index contributed by atoms with van der Waals surface area (Å²) in [5.74, 6) is 0. The molecule has 4 nitrogen and oxygen atoms in total. The average molecular weight is 535 g/mol. The minimum atomic E-state index is 0.559. The zero-order valence-electron chi connectivity index (χ0n) is 22.5. The Hall–Kier alpha value is -6.10. The maximum absolute atomic E-state index is 10.5. The molecule has 0 unspecified atom stereocenters. The molecule has 0 radical (unpaired) electrons. The molecule has 0 atom stereocenters. The molecule has 194 valence electrons. The molecule has 0 aliphatic carbocycles. The standard InChI is InChI=1S/C38H22N4/c39-23-25-20-21-31(37(22-25)42-34-17-7-3-13-29(34)30-14-4-8-18-35(30)42)38-26(24-40)10-9-19-36(38)41-32-15-5-1-11-27(32)28-12-2-6-16-33(28)41/h1-22H. The zero-order valence-corrected chi connectivity index (χ0v) is 22.5. The van der Waals surface area contributed by atoms with Gasteiger partial charge in [-0.3, -0.25) is 0 Å². The van der Waals surface area contributed by atoms with Crippen LogP contribution < -0.4 is 0 Å². The molecule has 42 heavy (non-hydrogen) atoms. The monoisotopic (exact) mass is 534 g/mol. The molecular weight excluding hydrogens is 512 g/mol. The predicted molar refractivity (Wildman–Crippen MR) is 170 cm³/mol. The van der Waals surface area contributed by atoms with Gasteiger partial charge < -0.3 is 9.13 Å². The molecule has 0 N–H and O–H groups in total. The summed E-state index contributed by atoms with van der Waals surface area (Å²) in [6.07, 6.45) is 0. The lowest BCUT2D eigenvalue weighted by Crippen LogP contribution is -2.03. The number of fused-ring (bicyclic) bond motifs is 6. The second kappa shape index (κ2) is 9.24. The Bertz CT molecular complexity index is 2340. The highest BCUT2D eigenvalue weighted by Crippen LogP contribution is 2.42. The van der Waals surface area contributed by atoms with E-state index < -0.39 is 0 Å². The normalized spacial score (nSPS) is 11.3. The fraction of sp³-hybridized carbons (Fsp3) is 0. The molecule has 0 saturated carbocycles. The van der Waals surface area contributed by atoms with E-state index in [1.807, 2.05) is 42.5 Å². The summed E-state index contributed by atoms with van der Waals surface area (Å²) in [5.41, 5.74) is 8.84. The molecule has 2 heterocycles. The van der Waals surface area contributed by atoms with Gasteiger partial charge in [-0.2, -0.15) is 10.5 Å². The van der Waals surface area contributed by atoms with Gasteiger partial charge in [-0.15, -0.1) is 0 Å². The van der Waals surface area contributed by atoms with E-state index in [2.05, 4.69) is 112 Å². The van der Waals surface area contributed by atoms with Gasteiger partial charge in [0.05, 0.1) is 56.7 Å². The largest absolute Gasteiger partial charge is 0.309 e. The Balaban J connectivity index is 1.54. The fourth-order valence-corrected chi connectivity index (χ4v) is 6.46. The topological polar surface area (TPSA) is 57.4 Å². The Kier molecular flexibility index (Phi) is 5.22.